The lowest BCUT2D eigenvalue weighted by Crippen LogP contribution is -2.34. The number of methoxy groups -OCH3 is 2. The maximum absolute atomic E-state index is 11.4. The van der Waals surface area contributed by atoms with Crippen molar-refractivity contribution in [2.75, 3.05) is 25.7 Å². The zero-order valence-corrected chi connectivity index (χ0v) is 26.1. The minimum atomic E-state index is -6.85. The average molecular weight is 785 g/mol. The van der Waals surface area contributed by atoms with Crippen molar-refractivity contribution in [3.05, 3.63) is 44.3 Å². The molecule has 0 unspecified atom stereocenters. The van der Waals surface area contributed by atoms with Crippen LogP contribution in [0.1, 0.15) is 31.1 Å². The van der Waals surface area contributed by atoms with Gasteiger partial charge in [0.05, 0.1) is 36.7 Å². The monoisotopic (exact) mass is 783 g/mol. The Hall–Kier alpha value is -3.00. The van der Waals surface area contributed by atoms with E-state index >= 15 is 0 Å². The van der Waals surface area contributed by atoms with E-state index in [0.717, 1.165) is 0 Å². The number of hydrogen-bond donors (Lipinski definition) is 3. The van der Waals surface area contributed by atoms with Gasteiger partial charge in [0.1, 0.15) is 17.6 Å². The SMILES string of the molecule is COc1ccc(Br)c(C#N)c1N.COc1ccc(Br)c(C(N)=O)c1N.O=S(=O)(OS(=O)(=O)C(F)(F)F)C(F)(F)F.[2H]CC. The Morgan fingerprint density at radius 2 is 1.24 bits per heavy atom. The van der Waals surface area contributed by atoms with Gasteiger partial charge in [0.15, 0.2) is 0 Å². The molecule has 0 heterocycles. The fraction of sp³-hybridized carbons (Fsp3) is 0.300. The van der Waals surface area contributed by atoms with E-state index in [0.29, 0.717) is 38.6 Å². The van der Waals surface area contributed by atoms with Crippen LogP contribution in [0.3, 0.4) is 0 Å². The summed E-state index contributed by atoms with van der Waals surface area (Å²) < 4.78 is 127. The van der Waals surface area contributed by atoms with Gasteiger partial charge >= 0.3 is 31.3 Å². The average Bonchev–Trinajstić information content (AvgIpc) is 2.84. The van der Waals surface area contributed by atoms with Crippen LogP contribution in [0, 0.1) is 11.3 Å². The van der Waals surface area contributed by atoms with Crippen LogP contribution in [0.25, 0.3) is 0 Å². The van der Waals surface area contributed by atoms with Crippen molar-refractivity contribution in [3.8, 4) is 17.6 Å². The molecule has 2 aromatic carbocycles. The maximum atomic E-state index is 11.4. The van der Waals surface area contributed by atoms with Gasteiger partial charge in [0.25, 0.3) is 5.91 Å². The number of nitrogen functional groups attached to an aromatic ring is 2. The van der Waals surface area contributed by atoms with Crippen LogP contribution < -0.4 is 26.7 Å². The van der Waals surface area contributed by atoms with Crippen LogP contribution in [-0.4, -0.2) is 48.0 Å². The van der Waals surface area contributed by atoms with Crippen molar-refractivity contribution >= 4 is 69.4 Å². The number of nitrogens with zero attached hydrogens (tertiary/aromatic N) is 1. The molecule has 0 spiro atoms. The van der Waals surface area contributed by atoms with Crippen LogP contribution in [0.15, 0.2) is 33.2 Å². The minimum absolute atomic E-state index is 0.249. The van der Waals surface area contributed by atoms with E-state index < -0.39 is 37.2 Å². The van der Waals surface area contributed by atoms with Crippen molar-refractivity contribution in [2.24, 2.45) is 5.73 Å². The Morgan fingerprint density at radius 3 is 1.55 bits per heavy atom. The molecule has 0 radical (unpaired) electrons. The number of benzene rings is 2. The molecule has 238 valence electrons. The van der Waals surface area contributed by atoms with Crippen LogP contribution in [0.4, 0.5) is 37.7 Å². The number of halogens is 8. The number of nitriles is 1. The summed E-state index contributed by atoms with van der Waals surface area (Å²) in [6.45, 7) is 2.29. The van der Waals surface area contributed by atoms with Crippen molar-refractivity contribution in [3.63, 3.8) is 0 Å². The third-order valence-electron chi connectivity index (χ3n) is 3.85. The summed E-state index contributed by atoms with van der Waals surface area (Å²) in [7, 11) is -10.7. The zero-order valence-electron chi connectivity index (χ0n) is 22.3. The van der Waals surface area contributed by atoms with Crippen LogP contribution >= 0.6 is 31.9 Å². The third kappa shape index (κ3) is 11.3. The summed E-state index contributed by atoms with van der Waals surface area (Å²) >= 11 is 6.39. The standard InChI is InChI=1S/C8H9BrN2O2.C8H7BrN2O.C2F6O5S2.C2H6/c1-13-5-3-2-4(9)6(7(5)10)8(11)12;1-12-7-3-2-6(9)5(4-10)8(7)11;3-1(4,5)14(9,10)13-15(11,12)2(6,7)8;1-2/h2-3H,10H2,1H3,(H2,11,12);2-3H,11H2,1H3;;1-2H3/i;;;1D. The van der Waals surface area contributed by atoms with Crippen molar-refractivity contribution in [2.45, 2.75) is 24.8 Å². The highest BCUT2D eigenvalue weighted by atomic mass is 79.9. The largest absolute Gasteiger partial charge is 0.524 e. The van der Waals surface area contributed by atoms with Gasteiger partial charge in [-0.1, -0.05) is 13.8 Å². The van der Waals surface area contributed by atoms with E-state index in [1.807, 2.05) is 9.70 Å². The number of carbonyl (C=O) groups excluding carboxylic acids is 1. The molecule has 0 atom stereocenters. The Morgan fingerprint density at radius 1 is 0.881 bits per heavy atom. The van der Waals surface area contributed by atoms with Gasteiger partial charge in [-0.05, 0) is 56.1 Å². The number of alkyl halides is 6. The summed E-state index contributed by atoms with van der Waals surface area (Å²) in [5.74, 6) is 0.384. The molecule has 0 aromatic heterocycles. The first-order valence-electron chi connectivity index (χ1n) is 10.7. The highest BCUT2D eigenvalue weighted by Crippen LogP contribution is 2.33. The number of amides is 1. The lowest BCUT2D eigenvalue weighted by molar-refractivity contribution is -0.0585. The second-order valence-corrected chi connectivity index (χ2v) is 11.4. The summed E-state index contributed by atoms with van der Waals surface area (Å²) in [5, 5.41) is 8.70. The Balaban J connectivity index is 0. The quantitative estimate of drug-likeness (QED) is 0.213. The molecule has 2 rings (SSSR count). The molecule has 2 aromatic rings. The predicted octanol–water partition coefficient (Wildman–Crippen LogP) is 4.78. The summed E-state index contributed by atoms with van der Waals surface area (Å²) in [5.41, 5.74) is 5.17. The molecule has 0 fully saturated rings. The second kappa shape index (κ2) is 16.6. The second-order valence-electron chi connectivity index (χ2n) is 6.42. The normalized spacial score (nSPS) is 11.5. The lowest BCUT2D eigenvalue weighted by atomic mass is 10.1. The number of carbonyl (C=O) groups is 1. The Kier molecular flexibility index (Phi) is 15.4. The van der Waals surface area contributed by atoms with Crippen LogP contribution in [0.2, 0.25) is 0 Å². The third-order valence-corrected chi connectivity index (χ3v) is 7.74. The Labute approximate surface area is 254 Å². The van der Waals surface area contributed by atoms with Gasteiger partial charge in [-0.3, -0.25) is 4.79 Å². The van der Waals surface area contributed by atoms with E-state index in [1.54, 1.807) is 31.2 Å². The number of rotatable bonds is 5. The fourth-order valence-electron chi connectivity index (χ4n) is 2.06. The molecule has 0 aliphatic rings. The minimum Gasteiger partial charge on any atom is -0.495 e. The van der Waals surface area contributed by atoms with Crippen molar-refractivity contribution < 1.29 is 62.4 Å². The highest BCUT2D eigenvalue weighted by molar-refractivity contribution is 9.10. The number of primary amides is 1. The first kappa shape index (κ1) is 39.0. The molecule has 1 amide bonds. The highest BCUT2D eigenvalue weighted by Gasteiger charge is 2.57. The number of nitrogens with two attached hydrogens (primary N) is 3. The number of anilines is 2. The van der Waals surface area contributed by atoms with Crippen molar-refractivity contribution in [1.82, 2.24) is 0 Å². The molecule has 0 saturated heterocycles. The van der Waals surface area contributed by atoms with Crippen LogP contribution in [0.5, 0.6) is 11.5 Å². The molecule has 0 bridgehead atoms. The first-order chi connectivity index (χ1) is 19.4. The molecule has 42 heavy (non-hydrogen) atoms. The summed E-state index contributed by atoms with van der Waals surface area (Å²) in [6.07, 6.45) is 0. The van der Waals surface area contributed by atoms with E-state index in [4.69, 9.17) is 33.3 Å². The fourth-order valence-corrected chi connectivity index (χ4v) is 4.60. The summed E-state index contributed by atoms with van der Waals surface area (Å²) in [4.78, 5) is 11.0. The van der Waals surface area contributed by atoms with E-state index in [2.05, 4.69) is 31.9 Å². The van der Waals surface area contributed by atoms with E-state index in [-0.39, 0.29) is 11.3 Å². The van der Waals surface area contributed by atoms with Gasteiger partial charge in [-0.25, -0.2) is 0 Å². The van der Waals surface area contributed by atoms with E-state index in [9.17, 15) is 48.0 Å². The van der Waals surface area contributed by atoms with Gasteiger partial charge in [0, 0.05) is 10.3 Å². The van der Waals surface area contributed by atoms with Crippen LogP contribution in [-0.2, 0) is 23.9 Å². The predicted molar refractivity (Wildman–Crippen MR) is 146 cm³/mol. The maximum Gasteiger partial charge on any atom is 0.524 e. The smallest absolute Gasteiger partial charge is 0.495 e. The zero-order chi connectivity index (χ0) is 34.6. The molecule has 12 nitrogen and oxygen atoms in total. The molecule has 0 saturated carbocycles. The molecular formula is C20H22Br2F6N4O8S2. The lowest BCUT2D eigenvalue weighted by Gasteiger charge is -2.09. The van der Waals surface area contributed by atoms with Gasteiger partial charge < -0.3 is 26.7 Å². The topological polar surface area (TPSA) is 215 Å². The number of hydrogen-bond acceptors (Lipinski definition) is 11. The van der Waals surface area contributed by atoms with Gasteiger partial charge in [0.2, 0.25) is 0 Å². The molecule has 0 aliphatic heterocycles. The molecule has 22 heteroatoms. The Bertz CT molecular complexity index is 1480. The van der Waals surface area contributed by atoms with Gasteiger partial charge in [-0.15, -0.1) is 3.63 Å². The molecular weight excluding hydrogens is 762 g/mol. The molecule has 6 N–H and O–H groups in total. The van der Waals surface area contributed by atoms with Crippen molar-refractivity contribution in [1.29, 1.82) is 5.26 Å². The summed E-state index contributed by atoms with van der Waals surface area (Å²) in [6, 6.07) is 8.75. The van der Waals surface area contributed by atoms with E-state index in [1.165, 1.54) is 14.2 Å². The number of ether oxygens (including phenoxy) is 2. The van der Waals surface area contributed by atoms with Gasteiger partial charge in [-0.2, -0.15) is 48.4 Å². The molecule has 0 aliphatic carbocycles. The first-order valence-corrected chi connectivity index (χ1v) is 14.4.